The van der Waals surface area contributed by atoms with Crippen LogP contribution in [0.3, 0.4) is 0 Å². The number of hydrogen-bond acceptors (Lipinski definition) is 3. The number of rotatable bonds is 1. The van der Waals surface area contributed by atoms with E-state index in [2.05, 4.69) is 12.1 Å². The summed E-state index contributed by atoms with van der Waals surface area (Å²) in [5.74, 6) is 0.395. The lowest BCUT2D eigenvalue weighted by atomic mass is 9.93. The highest BCUT2D eigenvalue weighted by Crippen LogP contribution is 2.44. The van der Waals surface area contributed by atoms with E-state index in [0.717, 1.165) is 27.3 Å². The summed E-state index contributed by atoms with van der Waals surface area (Å²) in [6.45, 7) is 0. The molecule has 3 nitrogen and oxygen atoms in total. The van der Waals surface area contributed by atoms with Crippen molar-refractivity contribution in [2.24, 2.45) is 0 Å². The summed E-state index contributed by atoms with van der Waals surface area (Å²) in [5.41, 5.74) is 4.18. The van der Waals surface area contributed by atoms with E-state index in [0.29, 0.717) is 11.1 Å². The summed E-state index contributed by atoms with van der Waals surface area (Å²) >= 11 is 1.75. The normalized spacial score (nSPS) is 18.2. The third-order valence-electron chi connectivity index (χ3n) is 5.03. The molecule has 0 bridgehead atoms. The van der Waals surface area contributed by atoms with Crippen LogP contribution >= 0.6 is 11.8 Å². The fourth-order valence-corrected chi connectivity index (χ4v) is 4.91. The van der Waals surface area contributed by atoms with Gasteiger partial charge in [0.2, 0.25) is 0 Å². The van der Waals surface area contributed by atoms with Crippen molar-refractivity contribution in [3.05, 3.63) is 101 Å². The molecule has 0 fully saturated rings. The fourth-order valence-electron chi connectivity index (χ4n) is 3.81. The second-order valence-electron chi connectivity index (χ2n) is 6.45. The second kappa shape index (κ2) is 5.85. The Labute approximate surface area is 155 Å². The molecule has 2 amide bonds. The van der Waals surface area contributed by atoms with Gasteiger partial charge in [-0.25, -0.2) is 0 Å². The zero-order valence-electron chi connectivity index (χ0n) is 13.9. The van der Waals surface area contributed by atoms with Gasteiger partial charge < -0.3 is 0 Å². The highest BCUT2D eigenvalue weighted by atomic mass is 32.2. The summed E-state index contributed by atoms with van der Waals surface area (Å²) in [4.78, 5) is 28.8. The number of carbonyl (C=O) groups excluding carboxylic acids is 2. The smallest absolute Gasteiger partial charge is 0.262 e. The Morgan fingerprint density at radius 3 is 2.04 bits per heavy atom. The van der Waals surface area contributed by atoms with Crippen molar-refractivity contribution in [1.29, 1.82) is 0 Å². The van der Waals surface area contributed by atoms with Gasteiger partial charge in [-0.05, 0) is 34.9 Å². The SMILES string of the molecule is O=C1c2ccccc2C(=O)N1[C@@H]1c2ccccc2CSc2ccccc21. The van der Waals surface area contributed by atoms with Gasteiger partial charge in [-0.3, -0.25) is 14.5 Å². The number of hydrogen-bond donors (Lipinski definition) is 0. The molecule has 0 spiro atoms. The van der Waals surface area contributed by atoms with E-state index in [1.54, 1.807) is 36.0 Å². The maximum Gasteiger partial charge on any atom is 0.262 e. The van der Waals surface area contributed by atoms with Gasteiger partial charge in [-0.1, -0.05) is 54.6 Å². The van der Waals surface area contributed by atoms with E-state index >= 15 is 0 Å². The molecule has 0 N–H and O–H groups in total. The minimum absolute atomic E-state index is 0.216. The van der Waals surface area contributed by atoms with E-state index in [1.165, 1.54) is 4.90 Å². The largest absolute Gasteiger partial charge is 0.269 e. The van der Waals surface area contributed by atoms with Gasteiger partial charge >= 0.3 is 0 Å². The molecule has 2 heterocycles. The molecule has 5 rings (SSSR count). The molecule has 0 unspecified atom stereocenters. The van der Waals surface area contributed by atoms with Crippen molar-refractivity contribution in [1.82, 2.24) is 4.90 Å². The maximum absolute atomic E-state index is 13.1. The van der Waals surface area contributed by atoms with E-state index in [1.807, 2.05) is 36.4 Å². The molecule has 3 aromatic carbocycles. The van der Waals surface area contributed by atoms with Crippen LogP contribution in [0.2, 0.25) is 0 Å². The van der Waals surface area contributed by atoms with Crippen LogP contribution < -0.4 is 0 Å². The summed E-state index contributed by atoms with van der Waals surface area (Å²) in [7, 11) is 0. The minimum atomic E-state index is -0.398. The molecule has 0 aliphatic carbocycles. The zero-order chi connectivity index (χ0) is 17.7. The summed E-state index contributed by atoms with van der Waals surface area (Å²) in [5, 5.41) is 0. The number of carbonyl (C=O) groups is 2. The Bertz CT molecular complexity index is 977. The summed E-state index contributed by atoms with van der Waals surface area (Å²) in [6, 6.07) is 22.8. The Balaban J connectivity index is 1.75. The molecule has 2 aliphatic heterocycles. The third kappa shape index (κ3) is 2.15. The Hall–Kier alpha value is -2.85. The van der Waals surface area contributed by atoms with Crippen molar-refractivity contribution < 1.29 is 9.59 Å². The van der Waals surface area contributed by atoms with Crippen LogP contribution in [-0.2, 0) is 5.75 Å². The van der Waals surface area contributed by atoms with Gasteiger partial charge in [0, 0.05) is 10.6 Å². The van der Waals surface area contributed by atoms with Gasteiger partial charge in [0.05, 0.1) is 17.2 Å². The first kappa shape index (κ1) is 15.4. The number of nitrogens with zero attached hydrogens (tertiary/aromatic N) is 1. The third-order valence-corrected chi connectivity index (χ3v) is 6.17. The van der Waals surface area contributed by atoms with E-state index in [9.17, 15) is 9.59 Å². The molecular weight excluding hydrogens is 342 g/mol. The molecule has 0 saturated carbocycles. The van der Waals surface area contributed by atoms with Crippen LogP contribution in [0.4, 0.5) is 0 Å². The molecule has 3 aromatic rings. The summed E-state index contributed by atoms with van der Waals surface area (Å²) in [6.07, 6.45) is 0. The van der Waals surface area contributed by atoms with Gasteiger partial charge in [0.1, 0.15) is 0 Å². The number of benzene rings is 3. The topological polar surface area (TPSA) is 37.4 Å². The lowest BCUT2D eigenvalue weighted by Crippen LogP contribution is -2.35. The molecule has 26 heavy (non-hydrogen) atoms. The molecule has 0 radical (unpaired) electrons. The Kier molecular flexibility index (Phi) is 3.47. The number of fused-ring (bicyclic) bond motifs is 3. The van der Waals surface area contributed by atoms with Crippen LogP contribution in [0.5, 0.6) is 0 Å². The standard InChI is InChI=1S/C22H15NO2S/c24-21-16-9-3-4-10-17(16)22(25)23(21)20-15-8-2-1-7-14(15)13-26-19-12-6-5-11-18(19)20/h1-12,20H,13H2/t20-/m1/s1. The predicted molar refractivity (Wildman–Crippen MR) is 101 cm³/mol. The van der Waals surface area contributed by atoms with E-state index in [-0.39, 0.29) is 11.8 Å². The van der Waals surface area contributed by atoms with Gasteiger partial charge in [0.25, 0.3) is 11.8 Å². The first-order chi connectivity index (χ1) is 12.8. The molecule has 1 atom stereocenters. The molecule has 2 aliphatic rings. The average molecular weight is 357 g/mol. The molecule has 0 saturated heterocycles. The van der Waals surface area contributed by atoms with Gasteiger partial charge in [-0.2, -0.15) is 0 Å². The maximum atomic E-state index is 13.1. The molecule has 4 heteroatoms. The average Bonchev–Trinajstić information content (AvgIpc) is 2.84. The highest BCUT2D eigenvalue weighted by molar-refractivity contribution is 7.98. The number of thioether (sulfide) groups is 1. The molecular formula is C22H15NO2S. The first-order valence-electron chi connectivity index (χ1n) is 8.52. The number of imide groups is 1. The fraction of sp³-hybridized carbons (Fsp3) is 0.0909. The molecule has 0 aromatic heterocycles. The lowest BCUT2D eigenvalue weighted by molar-refractivity contribution is 0.0607. The van der Waals surface area contributed by atoms with Crippen LogP contribution in [0.25, 0.3) is 0 Å². The van der Waals surface area contributed by atoms with Crippen molar-refractivity contribution in [3.63, 3.8) is 0 Å². The van der Waals surface area contributed by atoms with Crippen LogP contribution in [0.15, 0.2) is 77.7 Å². The predicted octanol–water partition coefficient (Wildman–Crippen LogP) is 4.68. The highest BCUT2D eigenvalue weighted by Gasteiger charge is 2.42. The molecule has 126 valence electrons. The van der Waals surface area contributed by atoms with Crippen molar-refractivity contribution in [2.45, 2.75) is 16.7 Å². The van der Waals surface area contributed by atoms with E-state index < -0.39 is 6.04 Å². The Morgan fingerprint density at radius 1 is 0.731 bits per heavy atom. The number of amides is 2. The second-order valence-corrected chi connectivity index (χ2v) is 7.47. The quantitative estimate of drug-likeness (QED) is 0.594. The van der Waals surface area contributed by atoms with Crippen LogP contribution in [0, 0.1) is 0 Å². The van der Waals surface area contributed by atoms with Gasteiger partial charge in [-0.15, -0.1) is 11.8 Å². The monoisotopic (exact) mass is 357 g/mol. The minimum Gasteiger partial charge on any atom is -0.269 e. The van der Waals surface area contributed by atoms with Crippen LogP contribution in [-0.4, -0.2) is 16.7 Å². The lowest BCUT2D eigenvalue weighted by Gasteiger charge is -2.28. The van der Waals surface area contributed by atoms with Crippen molar-refractivity contribution in [2.75, 3.05) is 0 Å². The van der Waals surface area contributed by atoms with Crippen LogP contribution in [0.1, 0.15) is 43.4 Å². The first-order valence-corrected chi connectivity index (χ1v) is 9.51. The van der Waals surface area contributed by atoms with Crippen molar-refractivity contribution >= 4 is 23.6 Å². The van der Waals surface area contributed by atoms with Crippen molar-refractivity contribution in [3.8, 4) is 0 Å². The Morgan fingerprint density at radius 2 is 1.31 bits per heavy atom. The van der Waals surface area contributed by atoms with Gasteiger partial charge in [0.15, 0.2) is 0 Å². The zero-order valence-corrected chi connectivity index (χ0v) is 14.7. The van der Waals surface area contributed by atoms with E-state index in [4.69, 9.17) is 0 Å². The summed E-state index contributed by atoms with van der Waals surface area (Å²) < 4.78 is 0.